The maximum absolute atomic E-state index is 13.8. The number of carbonyl (C=O) groups excluding carboxylic acids is 1. The second-order valence-electron chi connectivity index (χ2n) is 8.36. The summed E-state index contributed by atoms with van der Waals surface area (Å²) in [5, 5.41) is 18.4. The number of rotatable bonds is 5. The third-order valence-electron chi connectivity index (χ3n) is 5.84. The fourth-order valence-corrected chi connectivity index (χ4v) is 3.88. The Morgan fingerprint density at radius 3 is 2.55 bits per heavy atom. The van der Waals surface area contributed by atoms with Crippen LogP contribution in [-0.2, 0) is 0 Å². The maximum Gasteiger partial charge on any atom is 0.284 e. The molecule has 0 aliphatic carbocycles. The molecule has 1 aliphatic heterocycles. The molecule has 0 radical (unpaired) electrons. The Labute approximate surface area is 195 Å². The Hall–Kier alpha value is -3.07. The van der Waals surface area contributed by atoms with Gasteiger partial charge in [-0.15, -0.1) is 0 Å². The van der Waals surface area contributed by atoms with Gasteiger partial charge in [-0.05, 0) is 56.3 Å². The average Bonchev–Trinajstić information content (AvgIpc) is 2.80. The van der Waals surface area contributed by atoms with E-state index in [1.54, 1.807) is 24.3 Å². The molecule has 33 heavy (non-hydrogen) atoms. The first-order valence-electron chi connectivity index (χ1n) is 10.6. The highest BCUT2D eigenvalue weighted by atomic mass is 35.5. The van der Waals surface area contributed by atoms with Gasteiger partial charge in [-0.2, -0.15) is 9.78 Å². The highest BCUT2D eigenvalue weighted by Gasteiger charge is 2.32. The zero-order valence-corrected chi connectivity index (χ0v) is 18.8. The number of aliphatic hydroxyl groups is 1. The summed E-state index contributed by atoms with van der Waals surface area (Å²) in [5.41, 5.74) is -0.706. The minimum Gasteiger partial charge on any atom is -0.388 e. The van der Waals surface area contributed by atoms with Gasteiger partial charge in [0.15, 0.2) is 0 Å². The predicted molar refractivity (Wildman–Crippen MR) is 124 cm³/mol. The second-order valence-corrected chi connectivity index (χ2v) is 8.79. The Bertz CT molecular complexity index is 1220. The van der Waals surface area contributed by atoms with Gasteiger partial charge in [-0.1, -0.05) is 29.8 Å². The lowest BCUT2D eigenvalue weighted by atomic mass is 9.91. The number of piperidine rings is 1. The van der Waals surface area contributed by atoms with Gasteiger partial charge < -0.3 is 15.3 Å². The summed E-state index contributed by atoms with van der Waals surface area (Å²) >= 11 is 5.98. The quantitative estimate of drug-likeness (QED) is 0.598. The summed E-state index contributed by atoms with van der Waals surface area (Å²) in [4.78, 5) is 28.3. The van der Waals surface area contributed by atoms with E-state index in [2.05, 4.69) is 15.3 Å². The number of halogens is 2. The van der Waals surface area contributed by atoms with Gasteiger partial charge in [-0.25, -0.2) is 4.39 Å². The molecular formula is C24H24ClFN4O3. The molecule has 9 heteroatoms. The zero-order chi connectivity index (χ0) is 23.6. The molecule has 2 aromatic carbocycles. The summed E-state index contributed by atoms with van der Waals surface area (Å²) in [6, 6.07) is 13.6. The van der Waals surface area contributed by atoms with Crippen LogP contribution in [-0.4, -0.2) is 58.0 Å². The Morgan fingerprint density at radius 2 is 1.88 bits per heavy atom. The number of nitrogens with zero attached hydrogens (tertiary/aromatic N) is 3. The van der Waals surface area contributed by atoms with Crippen LogP contribution in [0, 0.1) is 5.82 Å². The summed E-state index contributed by atoms with van der Waals surface area (Å²) in [6.07, 6.45) is 1.04. The third-order valence-corrected chi connectivity index (χ3v) is 6.10. The summed E-state index contributed by atoms with van der Waals surface area (Å²) in [7, 11) is 1.97. The largest absolute Gasteiger partial charge is 0.388 e. The first-order chi connectivity index (χ1) is 15.7. The van der Waals surface area contributed by atoms with Crippen LogP contribution >= 0.6 is 11.6 Å². The number of benzene rings is 2. The lowest BCUT2D eigenvalue weighted by Gasteiger charge is -2.36. The van der Waals surface area contributed by atoms with Crippen molar-refractivity contribution in [3.8, 4) is 16.9 Å². The molecule has 0 saturated carbocycles. The standard InChI is InChI=1S/C24H24ClFN4O3/c1-29-11-9-24(33,10-12-29)15-27-22(31)20-14-21(16-5-7-17(25)8-6-16)28-30(23(20)32)19-4-2-3-18(26)13-19/h2-8,13-14,33H,9-12,15H2,1H3,(H,27,31). The Morgan fingerprint density at radius 1 is 1.18 bits per heavy atom. The van der Waals surface area contributed by atoms with Crippen LogP contribution < -0.4 is 10.9 Å². The summed E-state index contributed by atoms with van der Waals surface area (Å²) < 4.78 is 14.8. The van der Waals surface area contributed by atoms with Crippen LogP contribution in [0.4, 0.5) is 4.39 Å². The Balaban J connectivity index is 1.71. The Kier molecular flexibility index (Phi) is 6.60. The van der Waals surface area contributed by atoms with Crippen molar-refractivity contribution in [2.24, 2.45) is 0 Å². The topological polar surface area (TPSA) is 87.5 Å². The van der Waals surface area contributed by atoms with Crippen molar-refractivity contribution in [3.63, 3.8) is 0 Å². The predicted octanol–water partition coefficient (Wildman–Crippen LogP) is 2.88. The molecular weight excluding hydrogens is 447 g/mol. The lowest BCUT2D eigenvalue weighted by molar-refractivity contribution is -0.0135. The molecule has 2 N–H and O–H groups in total. The fourth-order valence-electron chi connectivity index (χ4n) is 3.75. The minimum atomic E-state index is -1.03. The number of amides is 1. The van der Waals surface area contributed by atoms with E-state index in [4.69, 9.17) is 11.6 Å². The minimum absolute atomic E-state index is 0.0255. The molecule has 1 saturated heterocycles. The smallest absolute Gasteiger partial charge is 0.284 e. The van der Waals surface area contributed by atoms with Crippen LogP contribution in [0.3, 0.4) is 0 Å². The van der Waals surface area contributed by atoms with E-state index in [0.29, 0.717) is 42.2 Å². The molecule has 0 atom stereocenters. The van der Waals surface area contributed by atoms with Crippen molar-refractivity contribution < 1.29 is 14.3 Å². The number of carbonyl (C=O) groups is 1. The van der Waals surface area contributed by atoms with Crippen molar-refractivity contribution in [1.29, 1.82) is 0 Å². The molecule has 1 aliphatic rings. The van der Waals surface area contributed by atoms with E-state index in [1.807, 2.05) is 7.05 Å². The zero-order valence-electron chi connectivity index (χ0n) is 18.1. The molecule has 1 amide bonds. The molecule has 4 rings (SSSR count). The molecule has 3 aromatic rings. The van der Waals surface area contributed by atoms with Gasteiger partial charge in [0.05, 0.1) is 17.0 Å². The molecule has 0 unspecified atom stereocenters. The number of aromatic nitrogens is 2. The van der Waals surface area contributed by atoms with Crippen LogP contribution in [0.1, 0.15) is 23.2 Å². The van der Waals surface area contributed by atoms with Crippen molar-refractivity contribution >= 4 is 17.5 Å². The van der Waals surface area contributed by atoms with Gasteiger partial charge in [-0.3, -0.25) is 9.59 Å². The molecule has 2 heterocycles. The van der Waals surface area contributed by atoms with Crippen molar-refractivity contribution in [2.75, 3.05) is 26.7 Å². The third kappa shape index (κ3) is 5.30. The van der Waals surface area contributed by atoms with E-state index >= 15 is 0 Å². The molecule has 0 bridgehead atoms. The average molecular weight is 471 g/mol. The maximum atomic E-state index is 13.8. The molecule has 0 spiro atoms. The van der Waals surface area contributed by atoms with Gasteiger partial charge in [0.2, 0.25) is 0 Å². The highest BCUT2D eigenvalue weighted by molar-refractivity contribution is 6.30. The van der Waals surface area contributed by atoms with E-state index < -0.39 is 22.9 Å². The molecule has 172 valence electrons. The van der Waals surface area contributed by atoms with Crippen LogP contribution in [0.5, 0.6) is 0 Å². The SMILES string of the molecule is CN1CCC(O)(CNC(=O)c2cc(-c3ccc(Cl)cc3)nn(-c3cccc(F)c3)c2=O)CC1. The monoisotopic (exact) mass is 470 g/mol. The van der Waals surface area contributed by atoms with Gasteiger partial charge in [0.25, 0.3) is 11.5 Å². The lowest BCUT2D eigenvalue weighted by Crippen LogP contribution is -2.50. The van der Waals surface area contributed by atoms with Crippen LogP contribution in [0.15, 0.2) is 59.4 Å². The number of nitrogens with one attached hydrogen (secondary N) is 1. The van der Waals surface area contributed by atoms with Gasteiger partial charge in [0, 0.05) is 30.2 Å². The summed E-state index contributed by atoms with van der Waals surface area (Å²) in [6.45, 7) is 1.46. The summed E-state index contributed by atoms with van der Waals surface area (Å²) in [5.74, 6) is -1.16. The van der Waals surface area contributed by atoms with Crippen molar-refractivity contribution in [1.82, 2.24) is 20.0 Å². The second kappa shape index (κ2) is 9.43. The molecule has 1 fully saturated rings. The van der Waals surface area contributed by atoms with Gasteiger partial charge in [0.1, 0.15) is 11.4 Å². The fraction of sp³-hybridized carbons (Fsp3) is 0.292. The first kappa shape index (κ1) is 23.1. The first-order valence-corrected chi connectivity index (χ1v) is 11.0. The highest BCUT2D eigenvalue weighted by Crippen LogP contribution is 2.22. The number of hydrogen-bond donors (Lipinski definition) is 2. The number of likely N-dealkylation sites (tertiary alicyclic amines) is 1. The van der Waals surface area contributed by atoms with Crippen LogP contribution in [0.2, 0.25) is 5.02 Å². The van der Waals surface area contributed by atoms with Crippen molar-refractivity contribution in [2.45, 2.75) is 18.4 Å². The molecule has 7 nitrogen and oxygen atoms in total. The molecule has 1 aromatic heterocycles. The van der Waals surface area contributed by atoms with E-state index in [9.17, 15) is 19.1 Å². The van der Waals surface area contributed by atoms with E-state index in [0.717, 1.165) is 4.68 Å². The van der Waals surface area contributed by atoms with E-state index in [1.165, 1.54) is 30.3 Å². The van der Waals surface area contributed by atoms with Gasteiger partial charge >= 0.3 is 0 Å². The van der Waals surface area contributed by atoms with Crippen LogP contribution in [0.25, 0.3) is 16.9 Å². The normalized spacial score (nSPS) is 15.9. The van der Waals surface area contributed by atoms with E-state index in [-0.39, 0.29) is 17.8 Å². The van der Waals surface area contributed by atoms with Crippen molar-refractivity contribution in [3.05, 3.63) is 81.4 Å². The number of hydrogen-bond acceptors (Lipinski definition) is 5.